The minimum absolute atomic E-state index is 0.287. The van der Waals surface area contributed by atoms with Gasteiger partial charge in [0, 0.05) is 24.0 Å². The molecule has 2 nitrogen and oxygen atoms in total. The van der Waals surface area contributed by atoms with Gasteiger partial charge in [-0.25, -0.2) is 0 Å². The zero-order valence-corrected chi connectivity index (χ0v) is 16.2. The van der Waals surface area contributed by atoms with Crippen LogP contribution in [0.1, 0.15) is 43.2 Å². The largest absolute Gasteiger partial charge is 0.573 e. The van der Waals surface area contributed by atoms with Crippen LogP contribution < -0.4 is 9.47 Å². The number of benzene rings is 2. The van der Waals surface area contributed by atoms with Gasteiger partial charge >= 0.3 is 12.7 Å². The molecule has 2 aromatic rings. The van der Waals surface area contributed by atoms with Gasteiger partial charge in [0.2, 0.25) is 0 Å². The Bertz CT molecular complexity index is 858. The third-order valence-corrected chi connectivity index (χ3v) is 3.74. The molecular formula is C23H18F6O2. The predicted molar refractivity (Wildman–Crippen MR) is 103 cm³/mol. The van der Waals surface area contributed by atoms with Crippen LogP contribution in [0.5, 0.6) is 11.5 Å². The molecule has 0 aliphatic carbocycles. The van der Waals surface area contributed by atoms with Gasteiger partial charge < -0.3 is 9.47 Å². The Labute approximate surface area is 176 Å². The van der Waals surface area contributed by atoms with Crippen molar-refractivity contribution >= 4 is 0 Å². The zero-order chi connectivity index (χ0) is 22.7. The molecule has 0 aromatic heterocycles. The van der Waals surface area contributed by atoms with E-state index in [4.69, 9.17) is 0 Å². The molecule has 0 radical (unpaired) electrons. The van der Waals surface area contributed by atoms with Crippen molar-refractivity contribution in [1.29, 1.82) is 0 Å². The fourth-order valence-electron chi connectivity index (χ4n) is 2.41. The summed E-state index contributed by atoms with van der Waals surface area (Å²) in [6.07, 6.45) is -5.52. The van der Waals surface area contributed by atoms with Crippen LogP contribution in [0.3, 0.4) is 0 Å². The van der Waals surface area contributed by atoms with E-state index in [0.29, 0.717) is 24.0 Å². The SMILES string of the molecule is FC(F)(F)Oc1ccc(C#CCCCCCC#Cc2ccc(OC(F)(F)F)cc2)cc1. The van der Waals surface area contributed by atoms with E-state index in [1.165, 1.54) is 48.5 Å². The van der Waals surface area contributed by atoms with E-state index < -0.39 is 12.7 Å². The van der Waals surface area contributed by atoms with E-state index in [0.717, 1.165) is 19.3 Å². The minimum atomic E-state index is -4.71. The molecule has 0 amide bonds. The molecule has 0 bridgehead atoms. The van der Waals surface area contributed by atoms with Crippen molar-refractivity contribution in [2.75, 3.05) is 0 Å². The quantitative estimate of drug-likeness (QED) is 0.278. The molecule has 0 aliphatic rings. The molecule has 0 heterocycles. The van der Waals surface area contributed by atoms with E-state index in [1.807, 2.05) is 0 Å². The molecule has 2 aromatic carbocycles. The average molecular weight is 440 g/mol. The van der Waals surface area contributed by atoms with Crippen LogP contribution in [0.2, 0.25) is 0 Å². The average Bonchev–Trinajstić information content (AvgIpc) is 2.67. The number of unbranched alkanes of at least 4 members (excludes halogenated alkanes) is 4. The normalized spacial score (nSPS) is 11.0. The topological polar surface area (TPSA) is 18.5 Å². The standard InChI is InChI=1S/C23H18F6O2/c24-22(25,26)30-20-14-10-18(11-15-20)8-6-4-2-1-3-5-7-9-19-12-16-21(17-13-19)31-23(27,28)29/h10-17H,1-5H2. The number of hydrogen-bond acceptors (Lipinski definition) is 2. The maximum absolute atomic E-state index is 12.1. The van der Waals surface area contributed by atoms with Crippen LogP contribution in [-0.2, 0) is 0 Å². The van der Waals surface area contributed by atoms with Crippen LogP contribution in [-0.4, -0.2) is 12.7 Å². The molecule has 0 saturated carbocycles. The number of halogens is 6. The van der Waals surface area contributed by atoms with Gasteiger partial charge in [-0.15, -0.1) is 26.3 Å². The smallest absolute Gasteiger partial charge is 0.406 e. The molecule has 8 heteroatoms. The lowest BCUT2D eigenvalue weighted by atomic mass is 10.1. The zero-order valence-electron chi connectivity index (χ0n) is 16.2. The number of alkyl halides is 6. The maximum atomic E-state index is 12.1. The Hall–Kier alpha value is -3.26. The van der Waals surface area contributed by atoms with Gasteiger partial charge in [0.25, 0.3) is 0 Å². The van der Waals surface area contributed by atoms with Crippen LogP contribution in [0, 0.1) is 23.7 Å². The van der Waals surface area contributed by atoms with Crippen molar-refractivity contribution < 1.29 is 35.8 Å². The predicted octanol–water partition coefficient (Wildman–Crippen LogP) is 6.84. The van der Waals surface area contributed by atoms with Crippen molar-refractivity contribution in [2.45, 2.75) is 44.8 Å². The molecule has 0 aliphatic heterocycles. The first-order chi connectivity index (χ1) is 14.6. The highest BCUT2D eigenvalue weighted by molar-refractivity contribution is 5.39. The van der Waals surface area contributed by atoms with Crippen molar-refractivity contribution in [3.05, 3.63) is 59.7 Å². The first-order valence-corrected chi connectivity index (χ1v) is 9.30. The Morgan fingerprint density at radius 3 is 1.23 bits per heavy atom. The second kappa shape index (κ2) is 11.2. The Balaban J connectivity index is 1.63. The molecule has 0 fully saturated rings. The molecule has 0 N–H and O–H groups in total. The third-order valence-electron chi connectivity index (χ3n) is 3.74. The summed E-state index contributed by atoms with van der Waals surface area (Å²) in [5.41, 5.74) is 1.21. The number of hydrogen-bond donors (Lipinski definition) is 0. The summed E-state index contributed by atoms with van der Waals surface area (Å²) in [5.74, 6) is 11.1. The molecule has 0 saturated heterocycles. The van der Waals surface area contributed by atoms with Gasteiger partial charge in [0.05, 0.1) is 0 Å². The van der Waals surface area contributed by atoms with Gasteiger partial charge in [-0.05, 0) is 61.4 Å². The van der Waals surface area contributed by atoms with Crippen LogP contribution in [0.4, 0.5) is 26.3 Å². The lowest BCUT2D eigenvalue weighted by Crippen LogP contribution is -2.16. The van der Waals surface area contributed by atoms with Gasteiger partial charge in [0.15, 0.2) is 0 Å². The Morgan fingerprint density at radius 2 is 0.903 bits per heavy atom. The Morgan fingerprint density at radius 1 is 0.548 bits per heavy atom. The molecule has 31 heavy (non-hydrogen) atoms. The molecule has 0 atom stereocenters. The molecule has 2 rings (SSSR count). The summed E-state index contributed by atoms with van der Waals surface area (Å²) in [5, 5.41) is 0. The van der Waals surface area contributed by atoms with E-state index in [9.17, 15) is 26.3 Å². The lowest BCUT2D eigenvalue weighted by molar-refractivity contribution is -0.275. The van der Waals surface area contributed by atoms with Crippen molar-refractivity contribution in [3.63, 3.8) is 0 Å². The van der Waals surface area contributed by atoms with Gasteiger partial charge in [-0.3, -0.25) is 0 Å². The highest BCUT2D eigenvalue weighted by Crippen LogP contribution is 2.23. The fraction of sp³-hybridized carbons (Fsp3) is 0.304. The summed E-state index contributed by atoms with van der Waals surface area (Å²) in [4.78, 5) is 0. The first kappa shape index (κ1) is 24.0. The molecule has 0 unspecified atom stereocenters. The van der Waals surface area contributed by atoms with Gasteiger partial charge in [-0.2, -0.15) is 0 Å². The summed E-state index contributed by atoms with van der Waals surface area (Å²) >= 11 is 0. The monoisotopic (exact) mass is 440 g/mol. The van der Waals surface area contributed by atoms with E-state index in [1.54, 1.807) is 0 Å². The van der Waals surface area contributed by atoms with Crippen LogP contribution in [0.15, 0.2) is 48.5 Å². The second-order valence-corrected chi connectivity index (χ2v) is 6.31. The van der Waals surface area contributed by atoms with Gasteiger partial charge in [0.1, 0.15) is 11.5 Å². The lowest BCUT2D eigenvalue weighted by Gasteiger charge is -2.07. The second-order valence-electron chi connectivity index (χ2n) is 6.31. The van der Waals surface area contributed by atoms with E-state index in [-0.39, 0.29) is 11.5 Å². The van der Waals surface area contributed by atoms with E-state index in [2.05, 4.69) is 33.2 Å². The Kier molecular flexibility index (Phi) is 8.69. The summed E-state index contributed by atoms with van der Waals surface area (Å²) in [7, 11) is 0. The van der Waals surface area contributed by atoms with Crippen molar-refractivity contribution in [2.24, 2.45) is 0 Å². The van der Waals surface area contributed by atoms with Gasteiger partial charge in [-0.1, -0.05) is 30.1 Å². The molecule has 0 spiro atoms. The highest BCUT2D eigenvalue weighted by Gasteiger charge is 2.31. The maximum Gasteiger partial charge on any atom is 0.573 e. The van der Waals surface area contributed by atoms with Crippen molar-refractivity contribution in [3.8, 4) is 35.2 Å². The minimum Gasteiger partial charge on any atom is -0.406 e. The van der Waals surface area contributed by atoms with Crippen molar-refractivity contribution in [1.82, 2.24) is 0 Å². The van der Waals surface area contributed by atoms with E-state index >= 15 is 0 Å². The summed E-state index contributed by atoms with van der Waals surface area (Å²) < 4.78 is 80.1. The molecule has 164 valence electrons. The molecular weight excluding hydrogens is 422 g/mol. The third kappa shape index (κ3) is 10.9. The van der Waals surface area contributed by atoms with Crippen LogP contribution >= 0.6 is 0 Å². The fourth-order valence-corrected chi connectivity index (χ4v) is 2.41. The van der Waals surface area contributed by atoms with Crippen LogP contribution in [0.25, 0.3) is 0 Å². The summed E-state index contributed by atoms with van der Waals surface area (Å²) in [6.45, 7) is 0. The summed E-state index contributed by atoms with van der Waals surface area (Å²) in [6, 6.07) is 10.7. The first-order valence-electron chi connectivity index (χ1n) is 9.30. The number of ether oxygens (including phenoxy) is 2. The number of rotatable bonds is 6. The highest BCUT2D eigenvalue weighted by atomic mass is 19.4.